The fourth-order valence-electron chi connectivity index (χ4n) is 4.84. The van der Waals surface area contributed by atoms with Gasteiger partial charge in [0.05, 0.1) is 5.69 Å². The predicted molar refractivity (Wildman–Crippen MR) is 107 cm³/mol. The quantitative estimate of drug-likeness (QED) is 0.593. The molecule has 6 rings (SSSR count). The molecule has 0 fully saturated rings. The van der Waals surface area contributed by atoms with E-state index in [1.54, 1.807) is 0 Å². The summed E-state index contributed by atoms with van der Waals surface area (Å²) >= 11 is 0. The Hall–Kier alpha value is -3.11. The first-order valence-electron chi connectivity index (χ1n) is 9.68. The van der Waals surface area contributed by atoms with E-state index >= 15 is 0 Å². The SMILES string of the molecule is CCN1C(=O)[C@@]2(C=C3COc4ccc5ccccc5c4[C@H]3O2)c2ccccc21. The summed E-state index contributed by atoms with van der Waals surface area (Å²) in [6.07, 6.45) is 1.72. The van der Waals surface area contributed by atoms with Crippen LogP contribution in [-0.4, -0.2) is 19.1 Å². The Labute approximate surface area is 163 Å². The van der Waals surface area contributed by atoms with Crippen LogP contribution in [0.25, 0.3) is 10.8 Å². The van der Waals surface area contributed by atoms with Crippen molar-refractivity contribution in [2.75, 3.05) is 18.1 Å². The van der Waals surface area contributed by atoms with Gasteiger partial charge >= 0.3 is 0 Å². The van der Waals surface area contributed by atoms with Crippen molar-refractivity contribution in [3.8, 4) is 5.75 Å². The van der Waals surface area contributed by atoms with Crippen LogP contribution in [0.3, 0.4) is 0 Å². The molecular formula is C24H19NO3. The highest BCUT2D eigenvalue weighted by atomic mass is 16.5. The highest BCUT2D eigenvalue weighted by Gasteiger charge is 2.56. The summed E-state index contributed by atoms with van der Waals surface area (Å²) in [5.74, 6) is 0.823. The molecule has 0 aliphatic carbocycles. The number of carbonyl (C=O) groups is 1. The van der Waals surface area contributed by atoms with Gasteiger partial charge in [0.15, 0.2) is 5.60 Å². The highest BCUT2D eigenvalue weighted by molar-refractivity contribution is 6.09. The van der Waals surface area contributed by atoms with E-state index in [-0.39, 0.29) is 12.0 Å². The monoisotopic (exact) mass is 369 g/mol. The van der Waals surface area contributed by atoms with Crippen molar-refractivity contribution in [1.82, 2.24) is 0 Å². The summed E-state index contributed by atoms with van der Waals surface area (Å²) in [6.45, 7) is 3.05. The number of hydrogen-bond acceptors (Lipinski definition) is 3. The third-order valence-electron chi connectivity index (χ3n) is 6.09. The van der Waals surface area contributed by atoms with Crippen molar-refractivity contribution < 1.29 is 14.3 Å². The molecule has 0 unspecified atom stereocenters. The van der Waals surface area contributed by atoms with Crippen molar-refractivity contribution >= 4 is 22.4 Å². The molecule has 0 saturated heterocycles. The molecule has 138 valence electrons. The normalized spacial score (nSPS) is 24.8. The topological polar surface area (TPSA) is 38.8 Å². The second-order valence-corrected chi connectivity index (χ2v) is 7.51. The maximum absolute atomic E-state index is 13.5. The van der Waals surface area contributed by atoms with Crippen LogP contribution < -0.4 is 9.64 Å². The van der Waals surface area contributed by atoms with Crippen LogP contribution in [0.5, 0.6) is 5.75 Å². The number of fused-ring (bicyclic) bond motifs is 7. The predicted octanol–water partition coefficient (Wildman–Crippen LogP) is 4.49. The molecule has 1 spiro atoms. The number of anilines is 1. The second kappa shape index (κ2) is 5.46. The molecule has 3 aromatic carbocycles. The molecule has 4 heteroatoms. The number of ether oxygens (including phenoxy) is 2. The fourth-order valence-corrected chi connectivity index (χ4v) is 4.84. The minimum Gasteiger partial charge on any atom is -0.489 e. The number of benzene rings is 3. The summed E-state index contributed by atoms with van der Waals surface area (Å²) in [4.78, 5) is 15.3. The Balaban J connectivity index is 1.56. The first kappa shape index (κ1) is 15.9. The van der Waals surface area contributed by atoms with Gasteiger partial charge in [-0.25, -0.2) is 0 Å². The molecule has 0 N–H and O–H groups in total. The summed E-state index contributed by atoms with van der Waals surface area (Å²) < 4.78 is 12.7. The van der Waals surface area contributed by atoms with Crippen molar-refractivity contribution in [3.63, 3.8) is 0 Å². The molecule has 3 heterocycles. The maximum atomic E-state index is 13.5. The number of para-hydroxylation sites is 1. The van der Waals surface area contributed by atoms with Crippen molar-refractivity contribution in [2.45, 2.75) is 18.6 Å². The minimum atomic E-state index is -1.06. The van der Waals surface area contributed by atoms with Crippen LogP contribution >= 0.6 is 0 Å². The minimum absolute atomic E-state index is 0.0140. The van der Waals surface area contributed by atoms with Crippen molar-refractivity contribution in [1.29, 1.82) is 0 Å². The van der Waals surface area contributed by atoms with Gasteiger partial charge in [-0.3, -0.25) is 4.79 Å². The van der Waals surface area contributed by atoms with E-state index in [9.17, 15) is 4.79 Å². The molecule has 3 aromatic rings. The van der Waals surface area contributed by atoms with Crippen molar-refractivity contribution in [3.05, 3.63) is 83.4 Å². The van der Waals surface area contributed by atoms with Gasteiger partial charge in [-0.1, -0.05) is 48.5 Å². The van der Waals surface area contributed by atoms with Gasteiger partial charge in [-0.05, 0) is 35.9 Å². The summed E-state index contributed by atoms with van der Waals surface area (Å²) in [5.41, 5.74) is 2.84. The van der Waals surface area contributed by atoms with Gasteiger partial charge in [-0.15, -0.1) is 0 Å². The van der Waals surface area contributed by atoms with E-state index in [0.29, 0.717) is 13.2 Å². The number of hydrogen-bond donors (Lipinski definition) is 0. The highest BCUT2D eigenvalue weighted by Crippen LogP contribution is 2.55. The lowest BCUT2D eigenvalue weighted by Crippen LogP contribution is -2.39. The molecule has 0 aromatic heterocycles. The average molecular weight is 369 g/mol. The van der Waals surface area contributed by atoms with E-state index in [0.717, 1.165) is 38.9 Å². The molecule has 2 atom stereocenters. The van der Waals surface area contributed by atoms with Crippen molar-refractivity contribution in [2.24, 2.45) is 0 Å². The van der Waals surface area contributed by atoms with Crippen LogP contribution in [0.2, 0.25) is 0 Å². The Morgan fingerprint density at radius 1 is 1.07 bits per heavy atom. The van der Waals surface area contributed by atoms with Crippen LogP contribution in [0.1, 0.15) is 24.2 Å². The molecule has 0 saturated carbocycles. The molecule has 0 radical (unpaired) electrons. The van der Waals surface area contributed by atoms with Gasteiger partial charge in [-0.2, -0.15) is 0 Å². The second-order valence-electron chi connectivity index (χ2n) is 7.51. The summed E-state index contributed by atoms with van der Waals surface area (Å²) in [7, 11) is 0. The number of nitrogens with zero attached hydrogens (tertiary/aromatic N) is 1. The third kappa shape index (κ3) is 1.86. The summed E-state index contributed by atoms with van der Waals surface area (Å²) in [6, 6.07) is 20.3. The number of carbonyl (C=O) groups excluding carboxylic acids is 1. The molecule has 4 nitrogen and oxygen atoms in total. The molecule has 28 heavy (non-hydrogen) atoms. The zero-order chi connectivity index (χ0) is 18.9. The van der Waals surface area contributed by atoms with E-state index in [2.05, 4.69) is 18.2 Å². The molecule has 3 aliphatic rings. The molecule has 0 bridgehead atoms. The van der Waals surface area contributed by atoms with E-state index in [1.165, 1.54) is 0 Å². The van der Waals surface area contributed by atoms with Crippen LogP contribution in [-0.2, 0) is 15.1 Å². The molecule has 1 amide bonds. The Morgan fingerprint density at radius 2 is 1.89 bits per heavy atom. The lowest BCUT2D eigenvalue weighted by Gasteiger charge is -2.29. The number of amides is 1. The van der Waals surface area contributed by atoms with Gasteiger partial charge in [0.1, 0.15) is 18.5 Å². The number of likely N-dealkylation sites (N-methyl/N-ethyl adjacent to an activating group) is 1. The smallest absolute Gasteiger partial charge is 0.268 e. The molecular weight excluding hydrogens is 350 g/mol. The molecule has 3 aliphatic heterocycles. The lowest BCUT2D eigenvalue weighted by molar-refractivity contribution is -0.139. The van der Waals surface area contributed by atoms with E-state index in [1.807, 2.05) is 60.4 Å². The fraction of sp³-hybridized carbons (Fsp3) is 0.208. The number of rotatable bonds is 1. The van der Waals surface area contributed by atoms with Gasteiger partial charge in [0.25, 0.3) is 5.91 Å². The van der Waals surface area contributed by atoms with Crippen LogP contribution in [0, 0.1) is 0 Å². The maximum Gasteiger partial charge on any atom is 0.268 e. The van der Waals surface area contributed by atoms with E-state index < -0.39 is 5.60 Å². The summed E-state index contributed by atoms with van der Waals surface area (Å²) in [5, 5.41) is 2.25. The Morgan fingerprint density at radius 3 is 2.79 bits per heavy atom. The first-order chi connectivity index (χ1) is 13.7. The van der Waals surface area contributed by atoms with Gasteiger partial charge in [0, 0.05) is 23.2 Å². The standard InChI is InChI=1S/C24H19NO3/c1-2-25-19-10-6-5-9-18(19)24(23(25)26)13-16-14-27-20-12-11-15-7-3-4-8-17(15)21(20)22(16)28-24/h3-13,22H,2,14H2,1H3/t22-,24+/m0/s1. The van der Waals surface area contributed by atoms with Crippen LogP contribution in [0.15, 0.2) is 72.3 Å². The zero-order valence-corrected chi connectivity index (χ0v) is 15.5. The third-order valence-corrected chi connectivity index (χ3v) is 6.09. The Kier molecular flexibility index (Phi) is 3.10. The van der Waals surface area contributed by atoms with Gasteiger partial charge in [0.2, 0.25) is 0 Å². The average Bonchev–Trinajstić information content (AvgIpc) is 3.24. The zero-order valence-electron chi connectivity index (χ0n) is 15.5. The lowest BCUT2D eigenvalue weighted by atomic mass is 9.92. The van der Waals surface area contributed by atoms with Crippen LogP contribution in [0.4, 0.5) is 5.69 Å². The largest absolute Gasteiger partial charge is 0.489 e. The van der Waals surface area contributed by atoms with E-state index in [4.69, 9.17) is 9.47 Å². The Bertz CT molecular complexity index is 1180. The van der Waals surface area contributed by atoms with Gasteiger partial charge < -0.3 is 14.4 Å². The first-order valence-corrected chi connectivity index (χ1v) is 9.68.